The fourth-order valence-corrected chi connectivity index (χ4v) is 1.62. The SMILES string of the molecule is CC(C#N)CN(C)C(=O)c1cccc(F)c1Cl. The highest BCUT2D eigenvalue weighted by Gasteiger charge is 2.18. The monoisotopic (exact) mass is 254 g/mol. The van der Waals surface area contributed by atoms with E-state index in [1.165, 1.54) is 23.1 Å². The lowest BCUT2D eigenvalue weighted by molar-refractivity contribution is 0.0785. The lowest BCUT2D eigenvalue weighted by atomic mass is 10.1. The maximum atomic E-state index is 13.2. The van der Waals surface area contributed by atoms with E-state index in [4.69, 9.17) is 16.9 Å². The zero-order chi connectivity index (χ0) is 13.0. The van der Waals surface area contributed by atoms with Gasteiger partial charge in [-0.1, -0.05) is 17.7 Å². The first-order chi connectivity index (χ1) is 7.97. The predicted molar refractivity (Wildman–Crippen MR) is 63.1 cm³/mol. The van der Waals surface area contributed by atoms with Gasteiger partial charge in [0.05, 0.1) is 22.6 Å². The Morgan fingerprint density at radius 1 is 1.65 bits per heavy atom. The van der Waals surface area contributed by atoms with Crippen LogP contribution in [0.2, 0.25) is 5.02 Å². The van der Waals surface area contributed by atoms with Gasteiger partial charge in [0, 0.05) is 13.6 Å². The summed E-state index contributed by atoms with van der Waals surface area (Å²) in [6.45, 7) is 1.99. The molecule has 0 aromatic heterocycles. The molecule has 0 aliphatic heterocycles. The summed E-state index contributed by atoms with van der Waals surface area (Å²) >= 11 is 5.72. The minimum atomic E-state index is -0.626. The first-order valence-corrected chi connectivity index (χ1v) is 5.44. The van der Waals surface area contributed by atoms with Gasteiger partial charge >= 0.3 is 0 Å². The highest BCUT2D eigenvalue weighted by Crippen LogP contribution is 2.21. The van der Waals surface area contributed by atoms with E-state index >= 15 is 0 Å². The Balaban J connectivity index is 2.90. The van der Waals surface area contributed by atoms with Crippen LogP contribution in [-0.2, 0) is 0 Å². The van der Waals surface area contributed by atoms with E-state index in [1.54, 1.807) is 14.0 Å². The summed E-state index contributed by atoms with van der Waals surface area (Å²) < 4.78 is 13.2. The zero-order valence-corrected chi connectivity index (χ0v) is 10.3. The second-order valence-corrected chi connectivity index (χ2v) is 4.20. The van der Waals surface area contributed by atoms with E-state index in [0.717, 1.165) is 0 Å². The maximum Gasteiger partial charge on any atom is 0.255 e. The Bertz CT molecular complexity index is 470. The summed E-state index contributed by atoms with van der Waals surface area (Å²) in [4.78, 5) is 13.3. The zero-order valence-electron chi connectivity index (χ0n) is 9.58. The van der Waals surface area contributed by atoms with Crippen LogP contribution in [0.4, 0.5) is 4.39 Å². The molecule has 1 unspecified atom stereocenters. The van der Waals surface area contributed by atoms with Crippen molar-refractivity contribution in [1.29, 1.82) is 5.26 Å². The van der Waals surface area contributed by atoms with Gasteiger partial charge in [-0.25, -0.2) is 4.39 Å². The van der Waals surface area contributed by atoms with Gasteiger partial charge in [0.25, 0.3) is 5.91 Å². The fourth-order valence-electron chi connectivity index (χ4n) is 1.41. The molecule has 0 N–H and O–H groups in total. The van der Waals surface area contributed by atoms with Crippen LogP contribution in [0.5, 0.6) is 0 Å². The van der Waals surface area contributed by atoms with Crippen LogP contribution in [0.25, 0.3) is 0 Å². The summed E-state index contributed by atoms with van der Waals surface area (Å²) in [6, 6.07) is 6.10. The van der Waals surface area contributed by atoms with Crippen molar-refractivity contribution in [2.75, 3.05) is 13.6 Å². The van der Waals surface area contributed by atoms with Gasteiger partial charge in [-0.15, -0.1) is 0 Å². The summed E-state index contributed by atoms with van der Waals surface area (Å²) in [7, 11) is 1.55. The third-order valence-electron chi connectivity index (χ3n) is 2.30. The van der Waals surface area contributed by atoms with Crippen molar-refractivity contribution in [2.45, 2.75) is 6.92 Å². The highest BCUT2D eigenvalue weighted by atomic mass is 35.5. The van der Waals surface area contributed by atoms with E-state index in [-0.39, 0.29) is 23.0 Å². The average molecular weight is 255 g/mol. The summed E-state index contributed by atoms with van der Waals surface area (Å²) in [6.07, 6.45) is 0. The van der Waals surface area contributed by atoms with Crippen molar-refractivity contribution in [3.63, 3.8) is 0 Å². The van der Waals surface area contributed by atoms with Crippen molar-refractivity contribution in [3.8, 4) is 6.07 Å². The number of nitriles is 1. The lowest BCUT2D eigenvalue weighted by Gasteiger charge is -2.18. The molecule has 1 aromatic rings. The molecule has 0 bridgehead atoms. The summed E-state index contributed by atoms with van der Waals surface area (Å²) in [5.41, 5.74) is 0.110. The number of amides is 1. The first-order valence-electron chi connectivity index (χ1n) is 5.06. The lowest BCUT2D eigenvalue weighted by Crippen LogP contribution is -2.30. The number of hydrogen-bond donors (Lipinski definition) is 0. The number of halogens is 2. The van der Waals surface area contributed by atoms with Crippen LogP contribution in [0.1, 0.15) is 17.3 Å². The molecule has 5 heteroatoms. The largest absolute Gasteiger partial charge is 0.340 e. The maximum absolute atomic E-state index is 13.2. The van der Waals surface area contributed by atoms with E-state index in [1.807, 2.05) is 6.07 Å². The number of carbonyl (C=O) groups is 1. The normalized spacial score (nSPS) is 11.7. The van der Waals surface area contributed by atoms with Gasteiger partial charge in [-0.2, -0.15) is 5.26 Å². The molecular weight excluding hydrogens is 243 g/mol. The quantitative estimate of drug-likeness (QED) is 0.832. The molecule has 90 valence electrons. The van der Waals surface area contributed by atoms with Crippen molar-refractivity contribution >= 4 is 17.5 Å². The van der Waals surface area contributed by atoms with E-state index < -0.39 is 11.7 Å². The summed E-state index contributed by atoms with van der Waals surface area (Å²) in [5.74, 6) is -1.30. The minimum Gasteiger partial charge on any atom is -0.340 e. The van der Waals surface area contributed by atoms with Crippen LogP contribution in [0, 0.1) is 23.1 Å². The first kappa shape index (κ1) is 13.5. The number of benzene rings is 1. The van der Waals surface area contributed by atoms with Crippen LogP contribution in [0.3, 0.4) is 0 Å². The molecule has 0 saturated carbocycles. The highest BCUT2D eigenvalue weighted by molar-refractivity contribution is 6.33. The van der Waals surface area contributed by atoms with Gasteiger partial charge in [0.15, 0.2) is 0 Å². The van der Waals surface area contributed by atoms with Crippen LogP contribution in [0.15, 0.2) is 18.2 Å². The molecule has 0 fully saturated rings. The minimum absolute atomic E-state index is 0.110. The number of nitrogens with zero attached hydrogens (tertiary/aromatic N) is 2. The van der Waals surface area contributed by atoms with E-state index in [2.05, 4.69) is 0 Å². The molecule has 0 saturated heterocycles. The number of carbonyl (C=O) groups excluding carboxylic acids is 1. The Kier molecular flexibility index (Phi) is 4.47. The molecule has 0 heterocycles. The second kappa shape index (κ2) is 5.65. The molecule has 1 amide bonds. The van der Waals surface area contributed by atoms with Gasteiger partial charge < -0.3 is 4.90 Å². The predicted octanol–water partition coefficient (Wildman–Crippen LogP) is 2.71. The fraction of sp³-hybridized carbons (Fsp3) is 0.333. The summed E-state index contributed by atoms with van der Waals surface area (Å²) in [5, 5.41) is 8.47. The Hall–Kier alpha value is -1.60. The molecule has 1 atom stereocenters. The van der Waals surface area contributed by atoms with E-state index in [9.17, 15) is 9.18 Å². The van der Waals surface area contributed by atoms with Gasteiger partial charge in [-0.3, -0.25) is 4.79 Å². The van der Waals surface area contributed by atoms with E-state index in [0.29, 0.717) is 0 Å². The van der Waals surface area contributed by atoms with Crippen molar-refractivity contribution in [3.05, 3.63) is 34.6 Å². The molecule has 0 aliphatic carbocycles. The molecule has 1 rings (SSSR count). The smallest absolute Gasteiger partial charge is 0.255 e. The van der Waals surface area contributed by atoms with Crippen LogP contribution in [-0.4, -0.2) is 24.4 Å². The van der Waals surface area contributed by atoms with Crippen molar-refractivity contribution in [2.24, 2.45) is 5.92 Å². The Labute approximate surface area is 104 Å². The van der Waals surface area contributed by atoms with Crippen LogP contribution >= 0.6 is 11.6 Å². The van der Waals surface area contributed by atoms with Crippen LogP contribution < -0.4 is 0 Å². The molecule has 3 nitrogen and oxygen atoms in total. The molecule has 0 aliphatic rings. The number of hydrogen-bond acceptors (Lipinski definition) is 2. The Morgan fingerprint density at radius 3 is 2.88 bits per heavy atom. The molecule has 0 radical (unpaired) electrons. The third-order valence-corrected chi connectivity index (χ3v) is 2.68. The number of rotatable bonds is 3. The van der Waals surface area contributed by atoms with Crippen molar-refractivity contribution in [1.82, 2.24) is 4.90 Å². The molecular formula is C12H12ClFN2O. The third kappa shape index (κ3) is 3.18. The van der Waals surface area contributed by atoms with Gasteiger partial charge in [0.2, 0.25) is 0 Å². The Morgan fingerprint density at radius 2 is 2.29 bits per heavy atom. The second-order valence-electron chi connectivity index (χ2n) is 3.82. The molecule has 17 heavy (non-hydrogen) atoms. The standard InChI is InChI=1S/C12H12ClFN2O/c1-8(6-15)7-16(2)12(17)9-4-3-5-10(14)11(9)13/h3-5,8H,7H2,1-2H3. The molecule has 1 aromatic carbocycles. The van der Waals surface area contributed by atoms with Crippen molar-refractivity contribution < 1.29 is 9.18 Å². The average Bonchev–Trinajstić information content (AvgIpc) is 2.31. The van der Waals surface area contributed by atoms with Gasteiger partial charge in [0.1, 0.15) is 5.82 Å². The topological polar surface area (TPSA) is 44.1 Å². The molecule has 0 spiro atoms. The van der Waals surface area contributed by atoms with Gasteiger partial charge in [-0.05, 0) is 19.1 Å².